The van der Waals surface area contributed by atoms with Crippen molar-refractivity contribution in [3.8, 4) is 0 Å². The maximum atomic E-state index is 12.2. The molecule has 1 heterocycles. The van der Waals surface area contributed by atoms with Crippen molar-refractivity contribution >= 4 is 22.5 Å². The van der Waals surface area contributed by atoms with Crippen LogP contribution in [0.3, 0.4) is 0 Å². The van der Waals surface area contributed by atoms with Gasteiger partial charge in [0.1, 0.15) is 5.52 Å². The maximum absolute atomic E-state index is 12.2. The summed E-state index contributed by atoms with van der Waals surface area (Å²) in [6.45, 7) is 0. The molecule has 104 valence electrons. The first-order chi connectivity index (χ1) is 10.2. The molecule has 0 atom stereocenters. The fraction of sp³-hybridized carbons (Fsp3) is 0.0714. The Hall–Kier alpha value is -3.09. The second-order valence-corrected chi connectivity index (χ2v) is 4.43. The van der Waals surface area contributed by atoms with Crippen LogP contribution in [-0.4, -0.2) is 21.0 Å². The van der Waals surface area contributed by atoms with Gasteiger partial charge in [0, 0.05) is 18.1 Å². The van der Waals surface area contributed by atoms with Gasteiger partial charge in [-0.3, -0.25) is 14.9 Å². The van der Waals surface area contributed by atoms with Crippen molar-refractivity contribution in [1.29, 1.82) is 0 Å². The zero-order valence-corrected chi connectivity index (χ0v) is 10.7. The van der Waals surface area contributed by atoms with E-state index >= 15 is 0 Å². The van der Waals surface area contributed by atoms with Gasteiger partial charge >= 0.3 is 5.69 Å². The molecule has 0 aliphatic carbocycles. The zero-order chi connectivity index (χ0) is 14.8. The van der Waals surface area contributed by atoms with E-state index in [9.17, 15) is 14.9 Å². The number of non-ortho nitro benzene ring substituents is 1. The molecule has 0 saturated heterocycles. The van der Waals surface area contributed by atoms with Crippen LogP contribution in [0.5, 0.6) is 0 Å². The summed E-state index contributed by atoms with van der Waals surface area (Å²) >= 11 is 0. The maximum Gasteiger partial charge on any atom is 0.300 e. The molecule has 3 aromatic rings. The Labute approximate surface area is 118 Å². The van der Waals surface area contributed by atoms with Crippen molar-refractivity contribution in [1.82, 2.24) is 10.3 Å². The van der Waals surface area contributed by atoms with E-state index in [0.29, 0.717) is 11.1 Å². The van der Waals surface area contributed by atoms with Crippen molar-refractivity contribution in [3.63, 3.8) is 0 Å². The summed E-state index contributed by atoms with van der Waals surface area (Å²) in [5.41, 5.74) is 1.22. The lowest BCUT2D eigenvalue weighted by atomic mass is 10.0. The van der Waals surface area contributed by atoms with Crippen molar-refractivity contribution < 1.29 is 14.3 Å². The largest absolute Gasteiger partial charge is 0.300 e. The highest BCUT2D eigenvalue weighted by Crippen LogP contribution is 2.26. The second kappa shape index (κ2) is 5.12. The number of nitro benzene ring substituents is 1. The summed E-state index contributed by atoms with van der Waals surface area (Å²) in [5.74, 6) is -0.103. The van der Waals surface area contributed by atoms with E-state index in [0.717, 1.165) is 0 Å². The number of aromatic nitrogens is 2. The molecule has 0 unspecified atom stereocenters. The van der Waals surface area contributed by atoms with Crippen LogP contribution in [0.1, 0.15) is 15.9 Å². The molecule has 7 heteroatoms. The summed E-state index contributed by atoms with van der Waals surface area (Å²) in [4.78, 5) is 22.5. The number of hydrogen-bond acceptors (Lipinski definition) is 6. The molecule has 3 rings (SSSR count). The van der Waals surface area contributed by atoms with Crippen LogP contribution in [0.2, 0.25) is 0 Å². The first-order valence-electron chi connectivity index (χ1n) is 6.13. The minimum Gasteiger partial charge on any atom is -0.294 e. The van der Waals surface area contributed by atoms with Gasteiger partial charge in [0.25, 0.3) is 0 Å². The van der Waals surface area contributed by atoms with Gasteiger partial charge in [-0.2, -0.15) is 0 Å². The molecule has 0 aliphatic heterocycles. The van der Waals surface area contributed by atoms with E-state index in [-0.39, 0.29) is 28.9 Å². The monoisotopic (exact) mass is 283 g/mol. The molecule has 0 fully saturated rings. The molecule has 0 amide bonds. The molecule has 0 N–H and O–H groups in total. The van der Waals surface area contributed by atoms with Crippen molar-refractivity contribution in [2.24, 2.45) is 0 Å². The number of Topliss-reactive ketones (excluding diaryl/α,β-unsaturated/α-hetero) is 1. The predicted molar refractivity (Wildman–Crippen MR) is 72.9 cm³/mol. The van der Waals surface area contributed by atoms with Gasteiger partial charge < -0.3 is 0 Å². The number of fused-ring (bicyclic) bond motifs is 1. The Kier molecular flexibility index (Phi) is 3.15. The minimum atomic E-state index is -0.560. The lowest BCUT2D eigenvalue weighted by Crippen LogP contribution is -2.04. The predicted octanol–water partition coefficient (Wildman–Crippen LogP) is 2.56. The van der Waals surface area contributed by atoms with E-state index in [4.69, 9.17) is 0 Å². The van der Waals surface area contributed by atoms with Gasteiger partial charge in [-0.25, -0.2) is 4.63 Å². The van der Waals surface area contributed by atoms with Crippen LogP contribution in [-0.2, 0) is 6.42 Å². The summed E-state index contributed by atoms with van der Waals surface area (Å²) in [6.07, 6.45) is 0.0761. The lowest BCUT2D eigenvalue weighted by molar-refractivity contribution is -0.383. The highest BCUT2D eigenvalue weighted by atomic mass is 16.6. The van der Waals surface area contributed by atoms with Crippen molar-refractivity contribution in [3.05, 3.63) is 63.7 Å². The van der Waals surface area contributed by atoms with E-state index in [2.05, 4.69) is 14.9 Å². The molecule has 7 nitrogen and oxygen atoms in total. The zero-order valence-electron chi connectivity index (χ0n) is 10.7. The fourth-order valence-corrected chi connectivity index (χ4v) is 2.09. The Morgan fingerprint density at radius 3 is 2.52 bits per heavy atom. The minimum absolute atomic E-state index is 0.0540. The highest BCUT2D eigenvalue weighted by molar-refractivity contribution is 5.99. The van der Waals surface area contributed by atoms with Crippen LogP contribution in [0, 0.1) is 10.1 Å². The van der Waals surface area contributed by atoms with Gasteiger partial charge in [0.15, 0.2) is 5.78 Å². The van der Waals surface area contributed by atoms with E-state index in [1.807, 2.05) is 6.07 Å². The number of carbonyl (C=O) groups is 1. The first kappa shape index (κ1) is 12.9. The Morgan fingerprint density at radius 1 is 1.10 bits per heavy atom. The number of benzene rings is 2. The number of carbonyl (C=O) groups excluding carboxylic acids is 1. The standard InChI is InChI=1S/C14H9N3O4/c18-12(9-4-2-1-3-5-9)8-10-6-7-11(17(19)20)14-13(10)15-21-16-14/h1-7H,8H2. The Balaban J connectivity index is 1.99. The van der Waals surface area contributed by atoms with Gasteiger partial charge in [-0.15, -0.1) is 0 Å². The van der Waals surface area contributed by atoms with Gasteiger partial charge in [-0.1, -0.05) is 30.3 Å². The van der Waals surface area contributed by atoms with Crippen molar-refractivity contribution in [2.45, 2.75) is 6.42 Å². The summed E-state index contributed by atoms with van der Waals surface area (Å²) < 4.78 is 4.57. The first-order valence-corrected chi connectivity index (χ1v) is 6.13. The second-order valence-electron chi connectivity index (χ2n) is 4.43. The van der Waals surface area contributed by atoms with E-state index < -0.39 is 4.92 Å². The number of ketones is 1. The average Bonchev–Trinajstić information content (AvgIpc) is 2.98. The smallest absolute Gasteiger partial charge is 0.294 e. The number of nitro groups is 1. The highest BCUT2D eigenvalue weighted by Gasteiger charge is 2.20. The molecular formula is C14H9N3O4. The molecule has 0 saturated carbocycles. The quantitative estimate of drug-likeness (QED) is 0.414. The molecule has 2 aromatic carbocycles. The average molecular weight is 283 g/mol. The van der Waals surface area contributed by atoms with Gasteiger partial charge in [0.05, 0.1) is 4.92 Å². The summed E-state index contributed by atoms with van der Waals surface area (Å²) in [5, 5.41) is 18.1. The molecule has 0 bridgehead atoms. The lowest BCUT2D eigenvalue weighted by Gasteiger charge is -2.02. The van der Waals surface area contributed by atoms with Gasteiger partial charge in [0.2, 0.25) is 5.52 Å². The van der Waals surface area contributed by atoms with Crippen LogP contribution in [0.25, 0.3) is 11.0 Å². The number of hydrogen-bond donors (Lipinski definition) is 0. The Morgan fingerprint density at radius 2 is 1.81 bits per heavy atom. The van der Waals surface area contributed by atoms with Crippen molar-refractivity contribution in [2.75, 3.05) is 0 Å². The number of nitrogens with zero attached hydrogens (tertiary/aromatic N) is 3. The van der Waals surface area contributed by atoms with E-state index in [1.165, 1.54) is 12.1 Å². The normalized spacial score (nSPS) is 10.7. The topological polar surface area (TPSA) is 99.1 Å². The van der Waals surface area contributed by atoms with E-state index in [1.54, 1.807) is 24.3 Å². The van der Waals surface area contributed by atoms with Crippen LogP contribution in [0.4, 0.5) is 5.69 Å². The SMILES string of the molecule is O=C(Cc1ccc([N+](=O)[O-])c2nonc12)c1ccccc1. The van der Waals surface area contributed by atoms with Crippen LogP contribution < -0.4 is 0 Å². The third-order valence-electron chi connectivity index (χ3n) is 3.12. The number of rotatable bonds is 4. The molecular weight excluding hydrogens is 274 g/mol. The van der Waals surface area contributed by atoms with Gasteiger partial charge in [-0.05, 0) is 21.9 Å². The van der Waals surface area contributed by atoms with Crippen LogP contribution >= 0.6 is 0 Å². The summed E-state index contributed by atoms with van der Waals surface area (Å²) in [6, 6.07) is 11.6. The molecule has 1 aromatic heterocycles. The molecule has 0 radical (unpaired) electrons. The summed E-state index contributed by atoms with van der Waals surface area (Å²) in [7, 11) is 0. The third kappa shape index (κ3) is 2.36. The third-order valence-corrected chi connectivity index (χ3v) is 3.12. The molecule has 0 spiro atoms. The molecule has 0 aliphatic rings. The van der Waals surface area contributed by atoms with Crippen LogP contribution in [0.15, 0.2) is 47.1 Å². The Bertz CT molecular complexity index is 827. The molecule has 21 heavy (non-hydrogen) atoms. The fourth-order valence-electron chi connectivity index (χ4n) is 2.09.